The monoisotopic (exact) mass is 331 g/mol. The van der Waals surface area contributed by atoms with Gasteiger partial charge in [0.25, 0.3) is 5.91 Å². The van der Waals surface area contributed by atoms with Crippen LogP contribution >= 0.6 is 0 Å². The van der Waals surface area contributed by atoms with E-state index in [0.717, 1.165) is 0 Å². The van der Waals surface area contributed by atoms with E-state index < -0.39 is 5.97 Å². The van der Waals surface area contributed by atoms with E-state index in [2.05, 4.69) is 0 Å². The van der Waals surface area contributed by atoms with Gasteiger partial charge in [-0.25, -0.2) is 4.79 Å². The molecule has 0 aromatic heterocycles. The first-order valence-electron chi connectivity index (χ1n) is 7.84. The third kappa shape index (κ3) is 3.28. The summed E-state index contributed by atoms with van der Waals surface area (Å²) in [5, 5.41) is 9.46. The molecule has 25 heavy (non-hydrogen) atoms. The Morgan fingerprint density at radius 1 is 0.760 bits per heavy atom. The standard InChI is InChI=1S/C21H17NO3/c1-22(20(23)15-9-3-2-4-10-15)19-14-8-7-12-17(19)16-11-5-6-13-18(16)21(24)25/h2-14H,1H3,(H,24,25). The number of carbonyl (C=O) groups is 2. The van der Waals surface area contributed by atoms with E-state index in [1.54, 1.807) is 48.3 Å². The van der Waals surface area contributed by atoms with Crippen LogP contribution in [0.15, 0.2) is 78.9 Å². The molecular formula is C21H17NO3. The Kier molecular flexibility index (Phi) is 4.61. The van der Waals surface area contributed by atoms with Crippen LogP contribution in [0.2, 0.25) is 0 Å². The molecule has 0 aliphatic rings. The maximum absolute atomic E-state index is 12.8. The molecule has 0 saturated carbocycles. The molecule has 4 heteroatoms. The first kappa shape index (κ1) is 16.5. The van der Waals surface area contributed by atoms with Crippen LogP contribution in [0, 0.1) is 0 Å². The van der Waals surface area contributed by atoms with Crippen LogP contribution in [0.5, 0.6) is 0 Å². The summed E-state index contributed by atoms with van der Waals surface area (Å²) < 4.78 is 0. The SMILES string of the molecule is CN(C(=O)c1ccccc1)c1ccccc1-c1ccccc1C(=O)O. The van der Waals surface area contributed by atoms with Crippen molar-refractivity contribution in [2.24, 2.45) is 0 Å². The van der Waals surface area contributed by atoms with E-state index in [1.807, 2.05) is 42.5 Å². The van der Waals surface area contributed by atoms with Crippen LogP contribution < -0.4 is 4.90 Å². The molecule has 4 nitrogen and oxygen atoms in total. The van der Waals surface area contributed by atoms with E-state index in [9.17, 15) is 14.7 Å². The minimum absolute atomic E-state index is 0.152. The first-order chi connectivity index (χ1) is 12.1. The lowest BCUT2D eigenvalue weighted by atomic mass is 9.97. The summed E-state index contributed by atoms with van der Waals surface area (Å²) in [4.78, 5) is 25.9. The van der Waals surface area contributed by atoms with Crippen LogP contribution in [0.4, 0.5) is 5.69 Å². The number of nitrogens with zero attached hydrogens (tertiary/aromatic N) is 1. The van der Waals surface area contributed by atoms with Gasteiger partial charge in [0.1, 0.15) is 0 Å². The number of hydrogen-bond acceptors (Lipinski definition) is 2. The molecule has 3 aromatic carbocycles. The van der Waals surface area contributed by atoms with E-state index in [-0.39, 0.29) is 11.5 Å². The number of anilines is 1. The Hall–Kier alpha value is -3.40. The number of carboxylic acids is 1. The molecule has 1 N–H and O–H groups in total. The molecule has 0 atom stereocenters. The largest absolute Gasteiger partial charge is 0.478 e. The van der Waals surface area contributed by atoms with Crippen molar-refractivity contribution in [1.29, 1.82) is 0 Å². The lowest BCUT2D eigenvalue weighted by molar-refractivity contribution is 0.0697. The number of aromatic carboxylic acids is 1. The zero-order valence-corrected chi connectivity index (χ0v) is 13.7. The van der Waals surface area contributed by atoms with Crippen molar-refractivity contribution in [3.8, 4) is 11.1 Å². The molecule has 0 heterocycles. The average Bonchev–Trinajstić information content (AvgIpc) is 2.67. The maximum Gasteiger partial charge on any atom is 0.336 e. The molecule has 0 aliphatic heterocycles. The summed E-state index contributed by atoms with van der Waals surface area (Å²) in [5.41, 5.74) is 2.72. The number of carboxylic acid groups (broad SMARTS) is 1. The summed E-state index contributed by atoms with van der Waals surface area (Å²) in [7, 11) is 1.69. The summed E-state index contributed by atoms with van der Waals surface area (Å²) in [6.07, 6.45) is 0. The summed E-state index contributed by atoms with van der Waals surface area (Å²) in [6.45, 7) is 0. The molecule has 0 bridgehead atoms. The van der Waals surface area contributed by atoms with Gasteiger partial charge in [-0.05, 0) is 29.8 Å². The summed E-state index contributed by atoms with van der Waals surface area (Å²) in [6, 6.07) is 23.1. The van der Waals surface area contributed by atoms with Gasteiger partial charge in [-0.2, -0.15) is 0 Å². The summed E-state index contributed by atoms with van der Waals surface area (Å²) in [5.74, 6) is -1.15. The van der Waals surface area contributed by atoms with Crippen molar-refractivity contribution < 1.29 is 14.7 Å². The molecule has 0 spiro atoms. The molecule has 1 amide bonds. The first-order valence-corrected chi connectivity index (χ1v) is 7.84. The second-order valence-electron chi connectivity index (χ2n) is 5.60. The highest BCUT2D eigenvalue weighted by Gasteiger charge is 2.19. The van der Waals surface area contributed by atoms with Crippen LogP contribution in [0.25, 0.3) is 11.1 Å². The molecule has 0 fully saturated rings. The number of carbonyl (C=O) groups excluding carboxylic acids is 1. The molecule has 3 aromatic rings. The van der Waals surface area contributed by atoms with Gasteiger partial charge in [-0.3, -0.25) is 4.79 Å². The second kappa shape index (κ2) is 7.01. The van der Waals surface area contributed by atoms with Crippen LogP contribution in [0.3, 0.4) is 0 Å². The quantitative estimate of drug-likeness (QED) is 0.774. The molecule has 0 unspecified atom stereocenters. The molecule has 124 valence electrons. The Morgan fingerprint density at radius 3 is 2.00 bits per heavy atom. The average molecular weight is 331 g/mol. The van der Waals surface area contributed by atoms with Crippen molar-refractivity contribution in [2.45, 2.75) is 0 Å². The minimum atomic E-state index is -0.998. The lowest BCUT2D eigenvalue weighted by Gasteiger charge is -2.21. The highest BCUT2D eigenvalue weighted by Crippen LogP contribution is 2.33. The highest BCUT2D eigenvalue weighted by molar-refractivity contribution is 6.08. The van der Waals surface area contributed by atoms with E-state index >= 15 is 0 Å². The molecule has 0 saturated heterocycles. The number of amides is 1. The number of hydrogen-bond donors (Lipinski definition) is 1. The minimum Gasteiger partial charge on any atom is -0.478 e. The van der Waals surface area contributed by atoms with Gasteiger partial charge in [0.05, 0.1) is 11.3 Å². The normalized spacial score (nSPS) is 10.3. The van der Waals surface area contributed by atoms with Crippen LogP contribution in [-0.2, 0) is 0 Å². The zero-order chi connectivity index (χ0) is 17.8. The molecule has 0 aliphatic carbocycles. The van der Waals surface area contributed by atoms with Gasteiger partial charge < -0.3 is 10.0 Å². The maximum atomic E-state index is 12.8. The number of para-hydroxylation sites is 1. The molecule has 3 rings (SSSR count). The van der Waals surface area contributed by atoms with Gasteiger partial charge in [0.15, 0.2) is 0 Å². The lowest BCUT2D eigenvalue weighted by Crippen LogP contribution is -2.26. The van der Waals surface area contributed by atoms with Gasteiger partial charge in [0.2, 0.25) is 0 Å². The van der Waals surface area contributed by atoms with Gasteiger partial charge in [-0.1, -0.05) is 54.6 Å². The van der Waals surface area contributed by atoms with Crippen molar-refractivity contribution in [3.05, 3.63) is 90.0 Å². The van der Waals surface area contributed by atoms with Crippen molar-refractivity contribution >= 4 is 17.6 Å². The molecular weight excluding hydrogens is 314 g/mol. The number of benzene rings is 3. The van der Waals surface area contributed by atoms with Gasteiger partial charge in [-0.15, -0.1) is 0 Å². The fourth-order valence-corrected chi connectivity index (χ4v) is 2.78. The van der Waals surface area contributed by atoms with Crippen LogP contribution in [-0.4, -0.2) is 24.0 Å². The Bertz CT molecular complexity index is 919. The van der Waals surface area contributed by atoms with Crippen molar-refractivity contribution in [2.75, 3.05) is 11.9 Å². The third-order valence-corrected chi connectivity index (χ3v) is 4.04. The Balaban J connectivity index is 2.08. The van der Waals surface area contributed by atoms with Crippen LogP contribution in [0.1, 0.15) is 20.7 Å². The topological polar surface area (TPSA) is 57.6 Å². The van der Waals surface area contributed by atoms with Crippen molar-refractivity contribution in [1.82, 2.24) is 0 Å². The zero-order valence-electron chi connectivity index (χ0n) is 13.7. The number of rotatable bonds is 4. The van der Waals surface area contributed by atoms with E-state index in [1.165, 1.54) is 0 Å². The fourth-order valence-electron chi connectivity index (χ4n) is 2.78. The van der Waals surface area contributed by atoms with E-state index in [4.69, 9.17) is 0 Å². The Morgan fingerprint density at radius 2 is 1.32 bits per heavy atom. The van der Waals surface area contributed by atoms with Crippen molar-refractivity contribution in [3.63, 3.8) is 0 Å². The third-order valence-electron chi connectivity index (χ3n) is 4.04. The highest BCUT2D eigenvalue weighted by atomic mass is 16.4. The smallest absolute Gasteiger partial charge is 0.336 e. The predicted molar refractivity (Wildman–Crippen MR) is 98.0 cm³/mol. The predicted octanol–water partition coefficient (Wildman–Crippen LogP) is 4.33. The second-order valence-corrected chi connectivity index (χ2v) is 5.60. The van der Waals surface area contributed by atoms with Gasteiger partial charge in [0, 0.05) is 18.2 Å². The fraction of sp³-hybridized carbons (Fsp3) is 0.0476. The summed E-state index contributed by atoms with van der Waals surface area (Å²) >= 11 is 0. The van der Waals surface area contributed by atoms with Gasteiger partial charge >= 0.3 is 5.97 Å². The van der Waals surface area contributed by atoms with E-state index in [0.29, 0.717) is 22.4 Å². The molecule has 0 radical (unpaired) electrons. The Labute approximate surface area is 146 Å².